The number of pyridine rings is 2. The number of hydrogen-bond donors (Lipinski definition) is 2. The first-order valence-corrected chi connectivity index (χ1v) is 8.90. The van der Waals surface area contributed by atoms with Gasteiger partial charge in [0.15, 0.2) is 0 Å². The van der Waals surface area contributed by atoms with Crippen LogP contribution in [0.1, 0.15) is 24.6 Å². The van der Waals surface area contributed by atoms with Crippen molar-refractivity contribution in [1.29, 1.82) is 0 Å². The number of aromatic hydroxyl groups is 1. The van der Waals surface area contributed by atoms with Crippen LogP contribution in [-0.4, -0.2) is 50.8 Å². The zero-order chi connectivity index (χ0) is 18.1. The van der Waals surface area contributed by atoms with Gasteiger partial charge in [-0.25, -0.2) is 4.98 Å². The quantitative estimate of drug-likeness (QED) is 0.797. The van der Waals surface area contributed by atoms with Gasteiger partial charge in [-0.2, -0.15) is 4.39 Å². The normalized spacial score (nSPS) is 26.6. The Morgan fingerprint density at radius 3 is 2.50 bits per heavy atom. The largest absolute Gasteiger partial charge is 0.506 e. The molecule has 1 aliphatic carbocycles. The number of ether oxygens (including phenoxy) is 1. The molecule has 7 heteroatoms. The number of hydrogen-bond acceptors (Lipinski definition) is 6. The number of likely N-dealkylation sites (tertiary alicyclic amines) is 1. The van der Waals surface area contributed by atoms with Crippen molar-refractivity contribution in [3.63, 3.8) is 0 Å². The zero-order valence-electron chi connectivity index (χ0n) is 14.3. The summed E-state index contributed by atoms with van der Waals surface area (Å²) in [6, 6.07) is 6.11. The van der Waals surface area contributed by atoms with E-state index in [1.54, 1.807) is 12.1 Å². The average molecular weight is 359 g/mol. The van der Waals surface area contributed by atoms with Crippen LogP contribution in [0.3, 0.4) is 0 Å². The van der Waals surface area contributed by atoms with Crippen molar-refractivity contribution < 1.29 is 19.3 Å². The Morgan fingerprint density at radius 1 is 1.12 bits per heavy atom. The maximum Gasteiger partial charge on any atom is 0.213 e. The molecule has 0 bridgehead atoms. The number of halogens is 1. The molecule has 4 atom stereocenters. The predicted octanol–water partition coefficient (Wildman–Crippen LogP) is 2.14. The summed E-state index contributed by atoms with van der Waals surface area (Å²) in [5, 5.41) is 19.6. The first kappa shape index (κ1) is 17.2. The van der Waals surface area contributed by atoms with E-state index in [4.69, 9.17) is 4.74 Å². The fourth-order valence-electron chi connectivity index (χ4n) is 4.14. The minimum Gasteiger partial charge on any atom is -0.506 e. The van der Waals surface area contributed by atoms with Gasteiger partial charge in [-0.15, -0.1) is 0 Å². The van der Waals surface area contributed by atoms with Gasteiger partial charge in [0.2, 0.25) is 5.95 Å². The second-order valence-corrected chi connectivity index (χ2v) is 7.22. The summed E-state index contributed by atoms with van der Waals surface area (Å²) in [6.07, 6.45) is 4.19. The zero-order valence-corrected chi connectivity index (χ0v) is 14.3. The van der Waals surface area contributed by atoms with Crippen molar-refractivity contribution in [3.05, 3.63) is 48.3 Å². The van der Waals surface area contributed by atoms with Crippen molar-refractivity contribution >= 4 is 0 Å². The van der Waals surface area contributed by atoms with Gasteiger partial charge in [-0.1, -0.05) is 0 Å². The summed E-state index contributed by atoms with van der Waals surface area (Å²) < 4.78 is 18.8. The molecule has 2 aromatic heterocycles. The molecular weight excluding hydrogens is 337 g/mol. The number of aliphatic hydroxyl groups excluding tert-OH is 1. The molecule has 6 nitrogen and oxygen atoms in total. The smallest absolute Gasteiger partial charge is 0.213 e. The van der Waals surface area contributed by atoms with E-state index in [0.29, 0.717) is 29.8 Å². The summed E-state index contributed by atoms with van der Waals surface area (Å²) in [7, 11) is 0. The Balaban J connectivity index is 1.28. The minimum atomic E-state index is -0.660. The topological polar surface area (TPSA) is 78.7 Å². The lowest BCUT2D eigenvalue weighted by molar-refractivity contribution is 0.113. The van der Waals surface area contributed by atoms with Crippen LogP contribution in [0.15, 0.2) is 36.7 Å². The van der Waals surface area contributed by atoms with E-state index in [1.165, 1.54) is 24.5 Å². The molecule has 4 rings (SSSR count). The third-order valence-electron chi connectivity index (χ3n) is 5.33. The van der Waals surface area contributed by atoms with Crippen molar-refractivity contribution in [1.82, 2.24) is 14.9 Å². The summed E-state index contributed by atoms with van der Waals surface area (Å²) in [6.45, 7) is 2.40. The highest BCUT2D eigenvalue weighted by Crippen LogP contribution is 2.40. The van der Waals surface area contributed by atoms with Gasteiger partial charge in [-0.05, 0) is 48.9 Å². The molecule has 1 aliphatic heterocycles. The molecule has 2 aliphatic rings. The van der Waals surface area contributed by atoms with Crippen LogP contribution in [-0.2, 0) is 0 Å². The maximum absolute atomic E-state index is 12.9. The molecule has 1 saturated heterocycles. The molecule has 0 radical (unpaired) electrons. The first-order valence-electron chi connectivity index (χ1n) is 8.90. The number of aromatic nitrogens is 2. The molecule has 2 unspecified atom stereocenters. The third-order valence-corrected chi connectivity index (χ3v) is 5.33. The van der Waals surface area contributed by atoms with Crippen molar-refractivity contribution in [2.75, 3.05) is 19.6 Å². The third kappa shape index (κ3) is 3.78. The number of β-amino-alcohol motifs (C(OH)–C–C–N with tert-alkyl or cyclic N) is 1. The molecule has 26 heavy (non-hydrogen) atoms. The number of nitrogens with zero attached hydrogens (tertiary/aromatic N) is 3. The van der Waals surface area contributed by atoms with E-state index in [9.17, 15) is 14.6 Å². The highest BCUT2D eigenvalue weighted by atomic mass is 19.1. The SMILES string of the molecule is Oc1ccc(C(O)CN2C[C@H]3CC(Oc4ccc(F)nc4)C[C@H]3C2)nc1. The Hall–Kier alpha value is -2.25. The van der Waals surface area contributed by atoms with E-state index in [1.807, 2.05) is 0 Å². The molecule has 0 aromatic carbocycles. The predicted molar refractivity (Wildman–Crippen MR) is 92.1 cm³/mol. The summed E-state index contributed by atoms with van der Waals surface area (Å²) in [5.74, 6) is 1.31. The van der Waals surface area contributed by atoms with Gasteiger partial charge in [0.05, 0.1) is 24.2 Å². The Morgan fingerprint density at radius 2 is 1.88 bits per heavy atom. The lowest BCUT2D eigenvalue weighted by Crippen LogP contribution is -2.29. The van der Waals surface area contributed by atoms with Crippen LogP contribution in [0.25, 0.3) is 0 Å². The minimum absolute atomic E-state index is 0.0963. The fraction of sp³-hybridized carbons (Fsp3) is 0.474. The highest BCUT2D eigenvalue weighted by molar-refractivity contribution is 5.19. The lowest BCUT2D eigenvalue weighted by Gasteiger charge is -2.22. The molecule has 2 fully saturated rings. The summed E-state index contributed by atoms with van der Waals surface area (Å²) in [5.41, 5.74) is 0.574. The standard InChI is InChI=1S/C19H22FN3O3/c20-19-4-2-15(8-22-19)26-16-5-12-9-23(10-13(12)6-16)11-18(25)17-3-1-14(24)7-21-17/h1-4,7-8,12-13,16,18,24-25H,5-6,9-11H2/t12-,13+,16?,18?. The molecule has 0 amide bonds. The number of aliphatic hydroxyl groups is 1. The highest BCUT2D eigenvalue weighted by Gasteiger charge is 2.42. The monoisotopic (exact) mass is 359 g/mol. The van der Waals surface area contributed by atoms with Crippen molar-refractivity contribution in [2.24, 2.45) is 11.8 Å². The van der Waals surface area contributed by atoms with Gasteiger partial charge < -0.3 is 14.9 Å². The van der Waals surface area contributed by atoms with E-state index in [0.717, 1.165) is 25.9 Å². The first-order chi connectivity index (χ1) is 12.6. The van der Waals surface area contributed by atoms with E-state index >= 15 is 0 Å². The van der Waals surface area contributed by atoms with Crippen molar-refractivity contribution in [3.8, 4) is 11.5 Å². The average Bonchev–Trinajstić information content (AvgIpc) is 3.15. The Labute approximate surface area is 151 Å². The Bertz CT molecular complexity index is 727. The second kappa shape index (κ2) is 7.17. The molecule has 3 heterocycles. The van der Waals surface area contributed by atoms with Gasteiger partial charge in [0.25, 0.3) is 0 Å². The Kier molecular flexibility index (Phi) is 4.74. The van der Waals surface area contributed by atoms with Crippen LogP contribution in [0.5, 0.6) is 11.5 Å². The van der Waals surface area contributed by atoms with Gasteiger partial charge in [-0.3, -0.25) is 9.88 Å². The van der Waals surface area contributed by atoms with Crippen LogP contribution in [0.2, 0.25) is 0 Å². The van der Waals surface area contributed by atoms with Gasteiger partial charge in [0.1, 0.15) is 17.6 Å². The van der Waals surface area contributed by atoms with Gasteiger partial charge >= 0.3 is 0 Å². The number of fused-ring (bicyclic) bond motifs is 1. The van der Waals surface area contributed by atoms with Crippen LogP contribution >= 0.6 is 0 Å². The maximum atomic E-state index is 12.9. The lowest BCUT2D eigenvalue weighted by atomic mass is 10.0. The summed E-state index contributed by atoms with van der Waals surface area (Å²) in [4.78, 5) is 9.97. The van der Waals surface area contributed by atoms with E-state index in [2.05, 4.69) is 14.9 Å². The second-order valence-electron chi connectivity index (χ2n) is 7.22. The van der Waals surface area contributed by atoms with E-state index in [-0.39, 0.29) is 11.9 Å². The molecule has 0 spiro atoms. The number of rotatable bonds is 5. The van der Waals surface area contributed by atoms with Crippen LogP contribution < -0.4 is 4.74 Å². The van der Waals surface area contributed by atoms with E-state index < -0.39 is 12.1 Å². The van der Waals surface area contributed by atoms with Crippen molar-refractivity contribution in [2.45, 2.75) is 25.0 Å². The van der Waals surface area contributed by atoms with Gasteiger partial charge in [0, 0.05) is 19.6 Å². The van der Waals surface area contributed by atoms with Crippen LogP contribution in [0, 0.1) is 17.8 Å². The molecule has 2 aromatic rings. The molecule has 138 valence electrons. The molecule has 2 N–H and O–H groups in total. The molecule has 1 saturated carbocycles. The summed E-state index contributed by atoms with van der Waals surface area (Å²) >= 11 is 0. The van der Waals surface area contributed by atoms with Crippen LogP contribution in [0.4, 0.5) is 4.39 Å². The molecular formula is C19H22FN3O3. The fourth-order valence-corrected chi connectivity index (χ4v) is 4.14.